The molecule has 0 amide bonds. The minimum absolute atomic E-state index is 0.0707. The lowest BCUT2D eigenvalue weighted by atomic mass is 9.82. The van der Waals surface area contributed by atoms with Crippen LogP contribution in [-0.2, 0) is 0 Å². The molecule has 1 aliphatic rings. The van der Waals surface area contributed by atoms with Gasteiger partial charge in [0, 0.05) is 19.1 Å². The summed E-state index contributed by atoms with van der Waals surface area (Å²) < 4.78 is 0. The molecule has 0 saturated heterocycles. The van der Waals surface area contributed by atoms with Crippen LogP contribution in [0.15, 0.2) is 24.3 Å². The molecule has 0 bridgehead atoms. The molecule has 0 radical (unpaired) electrons. The molecule has 1 fully saturated rings. The van der Waals surface area contributed by atoms with E-state index in [4.69, 9.17) is 5.73 Å². The molecular weight excluding hydrogens is 224 g/mol. The Labute approximate surface area is 110 Å². The number of aryl methyl sites for hydroxylation is 1. The molecule has 0 aromatic heterocycles. The minimum atomic E-state index is -0.0707. The van der Waals surface area contributed by atoms with Crippen LogP contribution in [-0.4, -0.2) is 36.2 Å². The number of rotatable bonds is 5. The second-order valence-corrected chi connectivity index (χ2v) is 5.60. The van der Waals surface area contributed by atoms with E-state index >= 15 is 0 Å². The van der Waals surface area contributed by atoms with Gasteiger partial charge in [-0.2, -0.15) is 0 Å². The lowest BCUT2D eigenvalue weighted by molar-refractivity contribution is 0.0224. The smallest absolute Gasteiger partial charge is 0.0546 e. The van der Waals surface area contributed by atoms with Crippen LogP contribution in [0, 0.1) is 12.8 Å². The highest BCUT2D eigenvalue weighted by Gasteiger charge is 2.29. The Morgan fingerprint density at radius 2 is 2.17 bits per heavy atom. The topological polar surface area (TPSA) is 49.5 Å². The van der Waals surface area contributed by atoms with Crippen LogP contribution in [0.3, 0.4) is 0 Å². The summed E-state index contributed by atoms with van der Waals surface area (Å²) in [4.78, 5) is 2.32. The third-order valence-corrected chi connectivity index (χ3v) is 3.94. The highest BCUT2D eigenvalue weighted by atomic mass is 16.3. The summed E-state index contributed by atoms with van der Waals surface area (Å²) in [5, 5.41) is 9.34. The van der Waals surface area contributed by atoms with Crippen molar-refractivity contribution in [1.29, 1.82) is 0 Å². The number of nitrogens with zero attached hydrogens (tertiary/aromatic N) is 1. The van der Waals surface area contributed by atoms with Crippen molar-refractivity contribution in [3.63, 3.8) is 0 Å². The van der Waals surface area contributed by atoms with Gasteiger partial charge in [0.2, 0.25) is 0 Å². The number of benzene rings is 1. The summed E-state index contributed by atoms with van der Waals surface area (Å²) in [6.07, 6.45) is 1.81. The molecule has 100 valence electrons. The molecule has 1 aliphatic carbocycles. The Morgan fingerprint density at radius 3 is 2.72 bits per heavy atom. The fourth-order valence-electron chi connectivity index (χ4n) is 2.83. The lowest BCUT2D eigenvalue weighted by Crippen LogP contribution is -2.40. The van der Waals surface area contributed by atoms with Crippen molar-refractivity contribution < 1.29 is 5.11 Å². The van der Waals surface area contributed by atoms with Crippen LogP contribution in [0.2, 0.25) is 0 Å². The normalized spacial score (nSPS) is 24.9. The first-order chi connectivity index (χ1) is 8.60. The van der Waals surface area contributed by atoms with Crippen molar-refractivity contribution in [2.24, 2.45) is 11.7 Å². The number of aliphatic hydroxyl groups is 1. The first kappa shape index (κ1) is 13.5. The van der Waals surface area contributed by atoms with E-state index in [0.29, 0.717) is 12.5 Å². The van der Waals surface area contributed by atoms with Crippen molar-refractivity contribution in [3.05, 3.63) is 35.4 Å². The number of hydrogen-bond donors (Lipinski definition) is 2. The second kappa shape index (κ2) is 5.83. The summed E-state index contributed by atoms with van der Waals surface area (Å²) in [7, 11) is 2.13. The summed E-state index contributed by atoms with van der Waals surface area (Å²) in [5.41, 5.74) is 8.50. The minimum Gasteiger partial charge on any atom is -0.393 e. The molecule has 3 heteroatoms. The van der Waals surface area contributed by atoms with Gasteiger partial charge in [0.05, 0.1) is 6.10 Å². The third-order valence-electron chi connectivity index (χ3n) is 3.94. The van der Waals surface area contributed by atoms with Gasteiger partial charge < -0.3 is 10.8 Å². The molecule has 18 heavy (non-hydrogen) atoms. The van der Waals surface area contributed by atoms with Gasteiger partial charge >= 0.3 is 0 Å². The molecule has 0 heterocycles. The van der Waals surface area contributed by atoms with Gasteiger partial charge in [-0.25, -0.2) is 0 Å². The number of nitrogens with two attached hydrogens (primary N) is 1. The van der Waals surface area contributed by atoms with E-state index in [1.807, 2.05) is 0 Å². The van der Waals surface area contributed by atoms with Crippen LogP contribution in [0.1, 0.15) is 30.0 Å². The monoisotopic (exact) mass is 248 g/mol. The molecule has 1 saturated carbocycles. The van der Waals surface area contributed by atoms with E-state index in [-0.39, 0.29) is 12.1 Å². The predicted octanol–water partition coefficient (Wildman–Crippen LogP) is 1.70. The highest BCUT2D eigenvalue weighted by molar-refractivity contribution is 5.25. The largest absolute Gasteiger partial charge is 0.393 e. The quantitative estimate of drug-likeness (QED) is 0.834. The van der Waals surface area contributed by atoms with Crippen molar-refractivity contribution in [2.75, 3.05) is 20.1 Å². The first-order valence-corrected chi connectivity index (χ1v) is 6.75. The lowest BCUT2D eigenvalue weighted by Gasteiger charge is -2.37. The second-order valence-electron chi connectivity index (χ2n) is 5.60. The maximum atomic E-state index is 9.34. The average Bonchev–Trinajstić information content (AvgIpc) is 2.28. The van der Waals surface area contributed by atoms with Crippen LogP contribution in [0.25, 0.3) is 0 Å². The van der Waals surface area contributed by atoms with Crippen LogP contribution in [0.5, 0.6) is 0 Å². The molecule has 0 spiro atoms. The Kier molecular flexibility index (Phi) is 4.38. The summed E-state index contributed by atoms with van der Waals surface area (Å²) in [5.74, 6) is 0.629. The van der Waals surface area contributed by atoms with Crippen molar-refractivity contribution in [3.8, 4) is 0 Å². The van der Waals surface area contributed by atoms with E-state index in [0.717, 1.165) is 19.4 Å². The molecule has 3 nitrogen and oxygen atoms in total. The van der Waals surface area contributed by atoms with Gasteiger partial charge in [-0.15, -0.1) is 0 Å². The molecule has 1 atom stereocenters. The van der Waals surface area contributed by atoms with E-state index in [1.165, 1.54) is 11.1 Å². The Bertz CT molecular complexity index is 388. The Morgan fingerprint density at radius 1 is 1.44 bits per heavy atom. The van der Waals surface area contributed by atoms with Crippen molar-refractivity contribution in [1.82, 2.24) is 4.90 Å². The van der Waals surface area contributed by atoms with Gasteiger partial charge in [0.15, 0.2) is 0 Å². The van der Waals surface area contributed by atoms with E-state index in [1.54, 1.807) is 0 Å². The standard InChI is InChI=1S/C15H24N2O/c1-11-4-3-5-13(6-11)15(9-16)17(2)10-12-7-14(18)8-12/h3-6,12,14-15,18H,7-10,16H2,1-2H3. The zero-order valence-corrected chi connectivity index (χ0v) is 11.3. The molecule has 1 unspecified atom stereocenters. The summed E-state index contributed by atoms with van der Waals surface area (Å²) in [6.45, 7) is 3.77. The maximum Gasteiger partial charge on any atom is 0.0546 e. The molecule has 1 aromatic rings. The van der Waals surface area contributed by atoms with Crippen LogP contribution in [0.4, 0.5) is 0 Å². The zero-order valence-electron chi connectivity index (χ0n) is 11.3. The Hall–Kier alpha value is -0.900. The number of likely N-dealkylation sites (N-methyl/N-ethyl adjacent to an activating group) is 1. The van der Waals surface area contributed by atoms with Crippen LogP contribution >= 0.6 is 0 Å². The SMILES string of the molecule is Cc1cccc(C(CN)N(C)CC2CC(O)C2)c1. The van der Waals surface area contributed by atoms with Gasteiger partial charge in [-0.1, -0.05) is 29.8 Å². The van der Waals surface area contributed by atoms with Crippen molar-refractivity contribution in [2.45, 2.75) is 31.9 Å². The highest BCUT2D eigenvalue weighted by Crippen LogP contribution is 2.30. The maximum absolute atomic E-state index is 9.34. The van der Waals surface area contributed by atoms with E-state index in [2.05, 4.69) is 43.1 Å². The summed E-state index contributed by atoms with van der Waals surface area (Å²) in [6, 6.07) is 8.84. The first-order valence-electron chi connectivity index (χ1n) is 6.75. The predicted molar refractivity (Wildman–Crippen MR) is 74.3 cm³/mol. The van der Waals surface area contributed by atoms with Gasteiger partial charge in [-0.3, -0.25) is 4.90 Å². The summed E-state index contributed by atoms with van der Waals surface area (Å²) >= 11 is 0. The molecule has 0 aliphatic heterocycles. The molecule has 1 aromatic carbocycles. The average molecular weight is 248 g/mol. The molecular formula is C15H24N2O. The van der Waals surface area contributed by atoms with E-state index in [9.17, 15) is 5.11 Å². The molecule has 3 N–H and O–H groups in total. The molecule has 2 rings (SSSR count). The van der Waals surface area contributed by atoms with E-state index < -0.39 is 0 Å². The van der Waals surface area contributed by atoms with Gasteiger partial charge in [0.1, 0.15) is 0 Å². The number of aliphatic hydroxyl groups excluding tert-OH is 1. The zero-order chi connectivity index (χ0) is 13.1. The van der Waals surface area contributed by atoms with Gasteiger partial charge in [0.25, 0.3) is 0 Å². The number of hydrogen-bond acceptors (Lipinski definition) is 3. The third kappa shape index (κ3) is 3.10. The fourth-order valence-corrected chi connectivity index (χ4v) is 2.83. The fraction of sp³-hybridized carbons (Fsp3) is 0.600. The Balaban J connectivity index is 1.99. The van der Waals surface area contributed by atoms with Crippen LogP contribution < -0.4 is 5.73 Å². The van der Waals surface area contributed by atoms with Gasteiger partial charge in [-0.05, 0) is 38.3 Å². The van der Waals surface area contributed by atoms with Crippen molar-refractivity contribution >= 4 is 0 Å².